The van der Waals surface area contributed by atoms with Gasteiger partial charge in [0.1, 0.15) is 5.82 Å². The summed E-state index contributed by atoms with van der Waals surface area (Å²) in [5, 5.41) is 3.29. The third kappa shape index (κ3) is 3.13. The van der Waals surface area contributed by atoms with Crippen LogP contribution in [0.15, 0.2) is 18.2 Å². The Morgan fingerprint density at radius 2 is 2.16 bits per heavy atom. The predicted molar refractivity (Wildman–Crippen MR) is 73.4 cm³/mol. The molecule has 1 atom stereocenters. The Morgan fingerprint density at radius 1 is 1.42 bits per heavy atom. The number of hydrogen-bond acceptors (Lipinski definition) is 2. The molecule has 1 amide bonds. The second-order valence-electron chi connectivity index (χ2n) is 4.88. The summed E-state index contributed by atoms with van der Waals surface area (Å²) >= 11 is 0. The van der Waals surface area contributed by atoms with Crippen LogP contribution in [0.5, 0.6) is 0 Å². The SMILES string of the molecule is CCN(CC)C(=O)CNC1CCc2cc(F)ccc21. The fourth-order valence-electron chi connectivity index (χ4n) is 2.70. The standard InChI is InChI=1S/C15H21FN2O/c1-3-18(4-2)15(19)10-17-14-8-5-11-9-12(16)6-7-13(11)14/h6-7,9,14,17H,3-5,8,10H2,1-2H3. The molecule has 0 fully saturated rings. The number of carbonyl (C=O) groups is 1. The van der Waals surface area contributed by atoms with Crippen LogP contribution in [-0.2, 0) is 11.2 Å². The van der Waals surface area contributed by atoms with Crippen LogP contribution in [0.25, 0.3) is 0 Å². The van der Waals surface area contributed by atoms with Gasteiger partial charge in [0.15, 0.2) is 0 Å². The first-order valence-corrected chi connectivity index (χ1v) is 6.95. The molecule has 1 N–H and O–H groups in total. The van der Waals surface area contributed by atoms with Crippen molar-refractivity contribution in [1.82, 2.24) is 10.2 Å². The van der Waals surface area contributed by atoms with Gasteiger partial charge in [-0.05, 0) is 49.9 Å². The van der Waals surface area contributed by atoms with E-state index in [1.54, 1.807) is 6.07 Å². The maximum atomic E-state index is 13.1. The Bertz CT molecular complexity index is 457. The molecule has 104 valence electrons. The molecule has 1 aliphatic carbocycles. The van der Waals surface area contributed by atoms with E-state index < -0.39 is 0 Å². The summed E-state index contributed by atoms with van der Waals surface area (Å²) in [5.74, 6) is -0.0563. The van der Waals surface area contributed by atoms with Gasteiger partial charge in [-0.25, -0.2) is 4.39 Å². The van der Waals surface area contributed by atoms with E-state index in [-0.39, 0.29) is 17.8 Å². The molecule has 0 heterocycles. The van der Waals surface area contributed by atoms with Crippen molar-refractivity contribution in [1.29, 1.82) is 0 Å². The van der Waals surface area contributed by atoms with Gasteiger partial charge in [-0.15, -0.1) is 0 Å². The molecule has 0 aromatic heterocycles. The van der Waals surface area contributed by atoms with E-state index in [0.29, 0.717) is 6.54 Å². The van der Waals surface area contributed by atoms with E-state index in [1.807, 2.05) is 24.8 Å². The van der Waals surface area contributed by atoms with E-state index in [2.05, 4.69) is 5.32 Å². The van der Waals surface area contributed by atoms with Gasteiger partial charge in [0.2, 0.25) is 5.91 Å². The first-order valence-electron chi connectivity index (χ1n) is 6.95. The van der Waals surface area contributed by atoms with Crippen molar-refractivity contribution in [2.75, 3.05) is 19.6 Å². The van der Waals surface area contributed by atoms with Crippen molar-refractivity contribution in [2.45, 2.75) is 32.7 Å². The van der Waals surface area contributed by atoms with Crippen molar-refractivity contribution in [3.63, 3.8) is 0 Å². The summed E-state index contributed by atoms with van der Waals surface area (Å²) < 4.78 is 13.1. The molecule has 0 radical (unpaired) electrons. The molecule has 1 aliphatic rings. The van der Waals surface area contributed by atoms with Crippen LogP contribution >= 0.6 is 0 Å². The molecule has 1 unspecified atom stereocenters. The summed E-state index contributed by atoms with van der Waals surface area (Å²) in [6.07, 6.45) is 1.81. The molecule has 1 aromatic rings. The number of amides is 1. The summed E-state index contributed by atoms with van der Waals surface area (Å²) in [6.45, 7) is 5.79. The average Bonchev–Trinajstić information content (AvgIpc) is 2.80. The Morgan fingerprint density at radius 3 is 2.84 bits per heavy atom. The number of hydrogen-bond donors (Lipinski definition) is 1. The van der Waals surface area contributed by atoms with Gasteiger partial charge in [-0.2, -0.15) is 0 Å². The second kappa shape index (κ2) is 6.15. The number of nitrogens with one attached hydrogen (secondary N) is 1. The van der Waals surface area contributed by atoms with E-state index in [1.165, 1.54) is 6.07 Å². The average molecular weight is 264 g/mol. The predicted octanol–water partition coefficient (Wildman–Crippen LogP) is 2.27. The molecule has 1 aromatic carbocycles. The largest absolute Gasteiger partial charge is 0.342 e. The summed E-state index contributed by atoms with van der Waals surface area (Å²) in [7, 11) is 0. The fourth-order valence-corrected chi connectivity index (χ4v) is 2.70. The lowest BCUT2D eigenvalue weighted by Crippen LogP contribution is -2.38. The molecule has 19 heavy (non-hydrogen) atoms. The van der Waals surface area contributed by atoms with Crippen molar-refractivity contribution in [2.24, 2.45) is 0 Å². The molecule has 0 aliphatic heterocycles. The van der Waals surface area contributed by atoms with Crippen molar-refractivity contribution < 1.29 is 9.18 Å². The van der Waals surface area contributed by atoms with Crippen molar-refractivity contribution >= 4 is 5.91 Å². The summed E-state index contributed by atoms with van der Waals surface area (Å²) in [4.78, 5) is 13.7. The molecule has 3 nitrogen and oxygen atoms in total. The molecule has 0 saturated carbocycles. The van der Waals surface area contributed by atoms with Crippen LogP contribution in [0.1, 0.15) is 37.4 Å². The number of rotatable bonds is 5. The first-order chi connectivity index (χ1) is 9.15. The fraction of sp³-hybridized carbons (Fsp3) is 0.533. The summed E-state index contributed by atoms with van der Waals surface area (Å²) in [5.41, 5.74) is 2.20. The maximum Gasteiger partial charge on any atom is 0.236 e. The van der Waals surface area contributed by atoms with Gasteiger partial charge in [-0.3, -0.25) is 4.79 Å². The number of aryl methyl sites for hydroxylation is 1. The van der Waals surface area contributed by atoms with Gasteiger partial charge in [0.05, 0.1) is 6.54 Å². The monoisotopic (exact) mass is 264 g/mol. The zero-order valence-electron chi connectivity index (χ0n) is 11.6. The van der Waals surface area contributed by atoms with Crippen LogP contribution in [-0.4, -0.2) is 30.4 Å². The van der Waals surface area contributed by atoms with Crippen LogP contribution in [0.2, 0.25) is 0 Å². The molecule has 4 heteroatoms. The number of nitrogens with zero attached hydrogens (tertiary/aromatic N) is 1. The highest BCUT2D eigenvalue weighted by Crippen LogP contribution is 2.31. The van der Waals surface area contributed by atoms with Gasteiger partial charge in [-0.1, -0.05) is 6.07 Å². The Hall–Kier alpha value is -1.42. The number of halogens is 1. The second-order valence-corrected chi connectivity index (χ2v) is 4.88. The minimum Gasteiger partial charge on any atom is -0.342 e. The quantitative estimate of drug-likeness (QED) is 0.885. The highest BCUT2D eigenvalue weighted by Gasteiger charge is 2.23. The number of carbonyl (C=O) groups excluding carboxylic acids is 1. The summed E-state index contributed by atoms with van der Waals surface area (Å²) in [6, 6.07) is 5.10. The molecular weight excluding hydrogens is 243 g/mol. The maximum absolute atomic E-state index is 13.1. The normalized spacial score (nSPS) is 17.3. The lowest BCUT2D eigenvalue weighted by atomic mass is 10.1. The molecule has 0 spiro atoms. The topological polar surface area (TPSA) is 32.3 Å². The van der Waals surface area contributed by atoms with E-state index in [0.717, 1.165) is 37.1 Å². The third-order valence-corrected chi connectivity index (χ3v) is 3.80. The first kappa shape index (κ1) is 14.0. The third-order valence-electron chi connectivity index (χ3n) is 3.80. The van der Waals surface area contributed by atoms with Crippen LogP contribution in [0, 0.1) is 5.82 Å². The van der Waals surface area contributed by atoms with Crippen LogP contribution < -0.4 is 5.32 Å². The molecule has 2 rings (SSSR count). The molecule has 0 saturated heterocycles. The zero-order chi connectivity index (χ0) is 13.8. The number of benzene rings is 1. The lowest BCUT2D eigenvalue weighted by Gasteiger charge is -2.21. The minimum absolute atomic E-state index is 0.126. The molecule has 0 bridgehead atoms. The molecular formula is C15H21FN2O. The van der Waals surface area contributed by atoms with Gasteiger partial charge < -0.3 is 10.2 Å². The zero-order valence-corrected chi connectivity index (χ0v) is 11.6. The van der Waals surface area contributed by atoms with E-state index in [4.69, 9.17) is 0 Å². The Labute approximate surface area is 113 Å². The lowest BCUT2D eigenvalue weighted by molar-refractivity contribution is -0.130. The van der Waals surface area contributed by atoms with Crippen LogP contribution in [0.4, 0.5) is 4.39 Å². The Kier molecular flexibility index (Phi) is 4.53. The number of fused-ring (bicyclic) bond motifs is 1. The van der Waals surface area contributed by atoms with Gasteiger partial charge in [0, 0.05) is 19.1 Å². The van der Waals surface area contributed by atoms with E-state index >= 15 is 0 Å². The highest BCUT2D eigenvalue weighted by molar-refractivity contribution is 5.78. The highest BCUT2D eigenvalue weighted by atomic mass is 19.1. The van der Waals surface area contributed by atoms with Gasteiger partial charge >= 0.3 is 0 Å². The smallest absolute Gasteiger partial charge is 0.236 e. The Balaban J connectivity index is 1.94. The van der Waals surface area contributed by atoms with Crippen molar-refractivity contribution in [3.8, 4) is 0 Å². The van der Waals surface area contributed by atoms with Crippen molar-refractivity contribution in [3.05, 3.63) is 35.1 Å². The van der Waals surface area contributed by atoms with E-state index in [9.17, 15) is 9.18 Å². The minimum atomic E-state index is -0.182. The van der Waals surface area contributed by atoms with Gasteiger partial charge in [0.25, 0.3) is 0 Å². The number of likely N-dealkylation sites (N-methyl/N-ethyl adjacent to an activating group) is 1. The van der Waals surface area contributed by atoms with Crippen LogP contribution in [0.3, 0.4) is 0 Å².